The first kappa shape index (κ1) is 38.6. The summed E-state index contributed by atoms with van der Waals surface area (Å²) in [7, 11) is -1.97. The number of carbonyl (C=O) groups excluding carboxylic acids is 3. The van der Waals surface area contributed by atoms with Gasteiger partial charge in [-0.1, -0.05) is 44.0 Å². The van der Waals surface area contributed by atoms with Crippen LogP contribution in [-0.2, 0) is 19.7 Å². The zero-order valence-electron chi connectivity index (χ0n) is 28.8. The maximum absolute atomic E-state index is 13.1. The summed E-state index contributed by atoms with van der Waals surface area (Å²) in [5, 5.41) is 8.93. The third kappa shape index (κ3) is 13.2. The fourth-order valence-corrected chi connectivity index (χ4v) is 6.51. The van der Waals surface area contributed by atoms with Gasteiger partial charge in [-0.3, -0.25) is 24.1 Å². The van der Waals surface area contributed by atoms with Gasteiger partial charge in [0, 0.05) is 41.4 Å². The number of hydrazine groups is 1. The van der Waals surface area contributed by atoms with Crippen molar-refractivity contribution in [1.82, 2.24) is 25.9 Å². The normalized spacial score (nSPS) is 11.1. The molecule has 4 rings (SSSR count). The number of anilines is 3. The van der Waals surface area contributed by atoms with Gasteiger partial charge in [-0.25, -0.2) is 23.6 Å². The molecule has 0 aliphatic heterocycles. The van der Waals surface area contributed by atoms with Crippen LogP contribution in [0.2, 0.25) is 0 Å². The smallest absolute Gasteiger partial charge is 0.433 e. The highest BCUT2D eigenvalue weighted by Crippen LogP contribution is 2.27. The molecule has 0 saturated carbocycles. The van der Waals surface area contributed by atoms with Gasteiger partial charge in [0.15, 0.2) is 5.13 Å². The number of amides is 3. The number of methoxy groups -OCH3 is 1. The number of sulfonamides is 1. The van der Waals surface area contributed by atoms with Gasteiger partial charge in [-0.15, -0.1) is 11.3 Å². The first-order valence-electron chi connectivity index (χ1n) is 16.5. The highest BCUT2D eigenvalue weighted by Gasteiger charge is 2.22. The summed E-state index contributed by atoms with van der Waals surface area (Å²) >= 11 is 1.43. The molecule has 51 heavy (non-hydrogen) atoms. The summed E-state index contributed by atoms with van der Waals surface area (Å²) in [6.07, 6.45) is 5.34. The van der Waals surface area contributed by atoms with Crippen LogP contribution in [0.1, 0.15) is 62.7 Å². The third-order valence-corrected chi connectivity index (χ3v) is 9.50. The Hall–Kier alpha value is -5.22. The zero-order chi connectivity index (χ0) is 36.6. The van der Waals surface area contributed by atoms with E-state index < -0.39 is 27.9 Å². The van der Waals surface area contributed by atoms with Gasteiger partial charge in [0.2, 0.25) is 10.0 Å². The largest absolute Gasteiger partial charge is 0.497 e. The van der Waals surface area contributed by atoms with E-state index in [1.54, 1.807) is 60.9 Å². The van der Waals surface area contributed by atoms with Crippen LogP contribution in [-0.4, -0.2) is 60.9 Å². The number of thiazole rings is 1. The first-order valence-corrected chi connectivity index (χ1v) is 19.0. The molecule has 2 heterocycles. The van der Waals surface area contributed by atoms with E-state index in [1.165, 1.54) is 18.4 Å². The summed E-state index contributed by atoms with van der Waals surface area (Å²) in [5.74, 6) is -0.414. The minimum absolute atomic E-state index is 0.0412. The highest BCUT2D eigenvalue weighted by molar-refractivity contribution is 7.92. The first-order chi connectivity index (χ1) is 24.5. The SMILES string of the molecule is COc1ccc(NS(=O)(=O)CCCCCCNC(=O)ON(NC(=O)c2ccc(-c3csc(Nc4cccnc4)n3)cc2)C(=O)CCC(C)C)cc1. The van der Waals surface area contributed by atoms with Gasteiger partial charge in [-0.2, -0.15) is 0 Å². The Balaban J connectivity index is 1.22. The van der Waals surface area contributed by atoms with E-state index in [0.717, 1.165) is 16.9 Å². The van der Waals surface area contributed by atoms with E-state index in [1.807, 2.05) is 31.4 Å². The number of aromatic nitrogens is 2. The minimum Gasteiger partial charge on any atom is -0.497 e. The summed E-state index contributed by atoms with van der Waals surface area (Å²) in [5.41, 5.74) is 5.42. The number of pyridine rings is 1. The Bertz CT molecular complexity index is 1820. The Labute approximate surface area is 302 Å². The maximum Gasteiger partial charge on any atom is 0.433 e. The standard InChI is InChI=1S/C35H43N7O7S2/c1-25(2)10-19-32(43)42(49-35(45)37-21-6-4-5-7-22-51(46,47)41-28-15-17-30(48-3)18-16-28)40-33(44)27-13-11-26(12-14-27)31-24-50-34(39-31)38-29-9-8-20-36-23-29/h8-9,11-18,20,23-25,41H,4-7,10,19,21-22H2,1-3H3,(H,37,45)(H,38,39)(H,40,44). The number of ether oxygens (including phenoxy) is 1. The molecule has 16 heteroatoms. The molecule has 0 unspecified atom stereocenters. The molecule has 0 atom stereocenters. The molecule has 0 spiro atoms. The van der Waals surface area contributed by atoms with E-state index in [-0.39, 0.29) is 30.2 Å². The Kier molecular flexibility index (Phi) is 14.6. The van der Waals surface area contributed by atoms with Crippen LogP contribution in [0.15, 0.2) is 78.4 Å². The number of hydrogen-bond donors (Lipinski definition) is 4. The number of nitrogens with one attached hydrogen (secondary N) is 4. The number of nitrogens with zero attached hydrogens (tertiary/aromatic N) is 3. The Morgan fingerprint density at radius 1 is 0.941 bits per heavy atom. The van der Waals surface area contributed by atoms with E-state index in [0.29, 0.717) is 53.8 Å². The van der Waals surface area contributed by atoms with Crippen molar-refractivity contribution in [1.29, 1.82) is 0 Å². The quantitative estimate of drug-likeness (QED) is 0.0689. The van der Waals surface area contributed by atoms with E-state index in [4.69, 9.17) is 9.57 Å². The summed E-state index contributed by atoms with van der Waals surface area (Å²) in [4.78, 5) is 52.5. The van der Waals surface area contributed by atoms with Gasteiger partial charge < -0.3 is 15.4 Å². The second kappa shape index (κ2) is 19.2. The van der Waals surface area contributed by atoms with E-state index >= 15 is 0 Å². The number of carbonyl (C=O) groups is 3. The fraction of sp³-hybridized carbons (Fsp3) is 0.343. The number of unbranched alkanes of at least 4 members (excludes halogenated alkanes) is 3. The predicted molar refractivity (Wildman–Crippen MR) is 197 cm³/mol. The molecule has 0 radical (unpaired) electrons. The van der Waals surface area contributed by atoms with Crippen molar-refractivity contribution in [3.05, 3.63) is 84.0 Å². The van der Waals surface area contributed by atoms with Gasteiger partial charge in [-0.05, 0) is 73.7 Å². The lowest BCUT2D eigenvalue weighted by atomic mass is 10.1. The molecule has 2 aromatic heterocycles. The lowest BCUT2D eigenvalue weighted by molar-refractivity contribution is -0.176. The average Bonchev–Trinajstić information content (AvgIpc) is 3.58. The molecule has 3 amide bonds. The van der Waals surface area contributed by atoms with Crippen molar-refractivity contribution in [3.63, 3.8) is 0 Å². The van der Waals surface area contributed by atoms with Crippen molar-refractivity contribution in [2.75, 3.05) is 29.4 Å². The Morgan fingerprint density at radius 2 is 1.69 bits per heavy atom. The fourth-order valence-electron chi connectivity index (χ4n) is 4.59. The average molecular weight is 738 g/mol. The monoisotopic (exact) mass is 737 g/mol. The lowest BCUT2D eigenvalue weighted by Gasteiger charge is -2.22. The molecule has 272 valence electrons. The molecule has 14 nitrogen and oxygen atoms in total. The lowest BCUT2D eigenvalue weighted by Crippen LogP contribution is -2.49. The maximum atomic E-state index is 13.1. The summed E-state index contributed by atoms with van der Waals surface area (Å²) in [6, 6.07) is 17.0. The molecule has 4 aromatic rings. The molecular weight excluding hydrogens is 695 g/mol. The van der Waals surface area contributed by atoms with Crippen molar-refractivity contribution in [3.8, 4) is 17.0 Å². The minimum atomic E-state index is -3.51. The molecular formula is C35H43N7O7S2. The number of hydrogen-bond acceptors (Lipinski definition) is 11. The number of hydroxylamine groups is 1. The van der Waals surface area contributed by atoms with Gasteiger partial charge in [0.1, 0.15) is 5.75 Å². The van der Waals surface area contributed by atoms with Gasteiger partial charge in [0.25, 0.3) is 11.8 Å². The second-order valence-corrected chi connectivity index (χ2v) is 14.6. The van der Waals surface area contributed by atoms with Crippen LogP contribution in [0.3, 0.4) is 0 Å². The van der Waals surface area contributed by atoms with Crippen LogP contribution in [0, 0.1) is 5.92 Å². The molecule has 0 saturated heterocycles. The molecule has 0 fully saturated rings. The topological polar surface area (TPSA) is 181 Å². The van der Waals surface area contributed by atoms with E-state index in [9.17, 15) is 22.8 Å². The van der Waals surface area contributed by atoms with Crippen LogP contribution in [0.25, 0.3) is 11.3 Å². The highest BCUT2D eigenvalue weighted by atomic mass is 32.2. The van der Waals surface area contributed by atoms with Crippen molar-refractivity contribution < 1.29 is 32.4 Å². The van der Waals surface area contributed by atoms with E-state index in [2.05, 4.69) is 30.7 Å². The molecule has 0 aliphatic rings. The third-order valence-electron chi connectivity index (χ3n) is 7.37. The number of benzene rings is 2. The molecule has 4 N–H and O–H groups in total. The van der Waals surface area contributed by atoms with Crippen LogP contribution in [0.5, 0.6) is 5.75 Å². The van der Waals surface area contributed by atoms with Gasteiger partial charge in [0.05, 0.1) is 30.4 Å². The summed E-state index contributed by atoms with van der Waals surface area (Å²) in [6.45, 7) is 4.14. The second-order valence-electron chi connectivity index (χ2n) is 11.9. The molecule has 0 bridgehead atoms. The van der Waals surface area contributed by atoms with Crippen molar-refractivity contribution >= 4 is 55.8 Å². The van der Waals surface area contributed by atoms with Crippen molar-refractivity contribution in [2.45, 2.75) is 52.4 Å². The van der Waals surface area contributed by atoms with Crippen LogP contribution in [0.4, 0.5) is 21.3 Å². The predicted octanol–water partition coefficient (Wildman–Crippen LogP) is 6.51. The Morgan fingerprint density at radius 3 is 2.37 bits per heavy atom. The van der Waals surface area contributed by atoms with Gasteiger partial charge >= 0.3 is 6.09 Å². The number of rotatable bonds is 17. The van der Waals surface area contributed by atoms with Crippen molar-refractivity contribution in [2.24, 2.45) is 5.92 Å². The van der Waals surface area contributed by atoms with Crippen LogP contribution >= 0.6 is 11.3 Å². The summed E-state index contributed by atoms with van der Waals surface area (Å²) < 4.78 is 32.4. The zero-order valence-corrected chi connectivity index (χ0v) is 30.4. The molecule has 2 aromatic carbocycles. The molecule has 0 aliphatic carbocycles. The van der Waals surface area contributed by atoms with Crippen LogP contribution < -0.4 is 25.5 Å².